The Morgan fingerprint density at radius 1 is 1.73 bits per heavy atom. The first-order valence-corrected chi connectivity index (χ1v) is 4.94. The van der Waals surface area contributed by atoms with Gasteiger partial charge in [-0.1, -0.05) is 0 Å². The summed E-state index contributed by atoms with van der Waals surface area (Å²) in [5, 5.41) is 7.73. The average Bonchev–Trinajstić information content (AvgIpc) is 2.36. The Bertz CT molecular complexity index is 360. The summed E-state index contributed by atoms with van der Waals surface area (Å²) in [4.78, 5) is 0. The number of nitrogens with zero attached hydrogens (tertiary/aromatic N) is 4. The molecule has 0 aliphatic rings. The van der Waals surface area contributed by atoms with E-state index in [4.69, 9.17) is 0 Å². The molecule has 1 aromatic heterocycles. The van der Waals surface area contributed by atoms with E-state index >= 15 is 0 Å². The zero-order chi connectivity index (χ0) is 8.48. The van der Waals surface area contributed by atoms with Crippen LogP contribution in [0.25, 0.3) is 0 Å². The van der Waals surface area contributed by atoms with Crippen LogP contribution < -0.4 is 0 Å². The first-order chi connectivity index (χ1) is 5.08. The standard InChI is InChI=1S/C5H10N4OS/c1-6-11(3,10)5-8-7-4-9(5)2/h4H,1-3H3. The van der Waals surface area contributed by atoms with Crippen LogP contribution in [0.15, 0.2) is 15.8 Å². The Hall–Kier alpha value is -0.910. The van der Waals surface area contributed by atoms with Gasteiger partial charge in [0.1, 0.15) is 16.1 Å². The van der Waals surface area contributed by atoms with Gasteiger partial charge in [0.15, 0.2) is 0 Å². The van der Waals surface area contributed by atoms with Gasteiger partial charge in [-0.2, -0.15) is 0 Å². The van der Waals surface area contributed by atoms with Crippen LogP contribution >= 0.6 is 0 Å². The molecule has 0 amide bonds. The summed E-state index contributed by atoms with van der Waals surface area (Å²) in [6, 6.07) is 0. The van der Waals surface area contributed by atoms with E-state index in [2.05, 4.69) is 14.6 Å². The Kier molecular flexibility index (Phi) is 1.95. The summed E-state index contributed by atoms with van der Waals surface area (Å²) in [6.45, 7) is 0. The molecule has 1 unspecified atom stereocenters. The molecule has 1 rings (SSSR count). The van der Waals surface area contributed by atoms with Crippen molar-refractivity contribution in [2.24, 2.45) is 11.4 Å². The Morgan fingerprint density at radius 3 is 2.73 bits per heavy atom. The topological polar surface area (TPSA) is 60.1 Å². The lowest BCUT2D eigenvalue weighted by atomic mass is 11.1. The van der Waals surface area contributed by atoms with Crippen molar-refractivity contribution in [2.45, 2.75) is 5.16 Å². The average molecular weight is 174 g/mol. The molecule has 0 aliphatic carbocycles. The monoisotopic (exact) mass is 174 g/mol. The van der Waals surface area contributed by atoms with E-state index in [1.807, 2.05) is 0 Å². The van der Waals surface area contributed by atoms with Crippen LogP contribution in [0.2, 0.25) is 0 Å². The normalized spacial score (nSPS) is 15.9. The summed E-state index contributed by atoms with van der Waals surface area (Å²) in [7, 11) is 0.929. The fourth-order valence-corrected chi connectivity index (χ4v) is 1.64. The number of aromatic nitrogens is 3. The van der Waals surface area contributed by atoms with Crippen molar-refractivity contribution < 1.29 is 4.21 Å². The molecule has 5 nitrogen and oxygen atoms in total. The van der Waals surface area contributed by atoms with E-state index in [0.29, 0.717) is 5.16 Å². The second kappa shape index (κ2) is 2.61. The highest BCUT2D eigenvalue weighted by atomic mass is 32.2. The Balaban J connectivity index is 3.34. The second-order valence-electron chi connectivity index (χ2n) is 2.21. The van der Waals surface area contributed by atoms with Gasteiger partial charge >= 0.3 is 0 Å². The molecule has 0 fully saturated rings. The largest absolute Gasteiger partial charge is 0.309 e. The fourth-order valence-electron chi connectivity index (χ4n) is 0.697. The summed E-state index contributed by atoms with van der Waals surface area (Å²) in [5.74, 6) is 0. The third-order valence-corrected chi connectivity index (χ3v) is 3.10. The van der Waals surface area contributed by atoms with Crippen molar-refractivity contribution in [3.05, 3.63) is 6.33 Å². The molecule has 1 heterocycles. The van der Waals surface area contributed by atoms with Crippen molar-refractivity contribution in [1.29, 1.82) is 0 Å². The van der Waals surface area contributed by atoms with Crippen LogP contribution in [0.5, 0.6) is 0 Å². The molecule has 0 aliphatic heterocycles. The van der Waals surface area contributed by atoms with Crippen molar-refractivity contribution in [3.63, 3.8) is 0 Å². The van der Waals surface area contributed by atoms with Gasteiger partial charge in [0.25, 0.3) is 0 Å². The minimum Gasteiger partial charge on any atom is -0.309 e. The number of hydrogen-bond acceptors (Lipinski definition) is 4. The molecular weight excluding hydrogens is 164 g/mol. The first-order valence-electron chi connectivity index (χ1n) is 3.02. The maximum atomic E-state index is 11.5. The molecule has 0 spiro atoms. The molecule has 0 aromatic carbocycles. The predicted molar refractivity (Wildman–Crippen MR) is 41.7 cm³/mol. The smallest absolute Gasteiger partial charge is 0.229 e. The van der Waals surface area contributed by atoms with Gasteiger partial charge in [-0.25, -0.2) is 8.57 Å². The molecule has 0 saturated heterocycles. The Morgan fingerprint density at radius 2 is 2.36 bits per heavy atom. The minimum absolute atomic E-state index is 0.417. The third-order valence-electron chi connectivity index (χ3n) is 1.36. The molecule has 1 atom stereocenters. The summed E-state index contributed by atoms with van der Waals surface area (Å²) in [5.41, 5.74) is 0. The van der Waals surface area contributed by atoms with Gasteiger partial charge in [0, 0.05) is 20.4 Å². The lowest BCUT2D eigenvalue weighted by Gasteiger charge is -1.99. The van der Waals surface area contributed by atoms with Crippen LogP contribution in [0.3, 0.4) is 0 Å². The predicted octanol–water partition coefficient (Wildman–Crippen LogP) is -0.0984. The Labute approximate surface area is 65.6 Å². The van der Waals surface area contributed by atoms with Crippen LogP contribution in [-0.2, 0) is 16.8 Å². The highest BCUT2D eigenvalue weighted by Gasteiger charge is 2.10. The zero-order valence-electron chi connectivity index (χ0n) is 6.68. The lowest BCUT2D eigenvalue weighted by molar-refractivity contribution is 0.660. The van der Waals surface area contributed by atoms with E-state index in [-0.39, 0.29) is 0 Å². The number of rotatable bonds is 1. The molecule has 6 heteroatoms. The highest BCUT2D eigenvalue weighted by molar-refractivity contribution is 7.92. The van der Waals surface area contributed by atoms with Crippen molar-refractivity contribution in [3.8, 4) is 0 Å². The van der Waals surface area contributed by atoms with Gasteiger partial charge in [0.05, 0.1) is 0 Å². The van der Waals surface area contributed by atoms with Crippen LogP contribution in [0.4, 0.5) is 0 Å². The third kappa shape index (κ3) is 1.40. The summed E-state index contributed by atoms with van der Waals surface area (Å²) < 4.78 is 16.9. The van der Waals surface area contributed by atoms with E-state index in [0.717, 1.165) is 0 Å². The van der Waals surface area contributed by atoms with E-state index in [1.54, 1.807) is 11.6 Å². The molecule has 0 bridgehead atoms. The SMILES string of the molecule is CN=S(C)(=O)c1nncn1C. The summed E-state index contributed by atoms with van der Waals surface area (Å²) >= 11 is 0. The molecule has 11 heavy (non-hydrogen) atoms. The minimum atomic E-state index is -2.32. The number of aryl methyl sites for hydroxylation is 1. The fraction of sp³-hybridized carbons (Fsp3) is 0.600. The lowest BCUT2D eigenvalue weighted by Crippen LogP contribution is -2.05. The van der Waals surface area contributed by atoms with Gasteiger partial charge in [0.2, 0.25) is 5.16 Å². The maximum absolute atomic E-state index is 11.5. The first kappa shape index (κ1) is 8.19. The van der Waals surface area contributed by atoms with Gasteiger partial charge < -0.3 is 4.57 Å². The molecule has 0 N–H and O–H groups in total. The van der Waals surface area contributed by atoms with Gasteiger partial charge in [-0.05, 0) is 0 Å². The van der Waals surface area contributed by atoms with Gasteiger partial charge in [-0.3, -0.25) is 0 Å². The second-order valence-corrected chi connectivity index (χ2v) is 4.54. The zero-order valence-corrected chi connectivity index (χ0v) is 7.50. The van der Waals surface area contributed by atoms with E-state index < -0.39 is 9.73 Å². The highest BCUT2D eigenvalue weighted by Crippen LogP contribution is 2.03. The van der Waals surface area contributed by atoms with Crippen LogP contribution in [-0.4, -0.2) is 32.3 Å². The quantitative estimate of drug-likeness (QED) is 0.597. The van der Waals surface area contributed by atoms with Crippen molar-refractivity contribution >= 4 is 9.73 Å². The molecule has 0 saturated carbocycles. The van der Waals surface area contributed by atoms with Crippen LogP contribution in [0.1, 0.15) is 0 Å². The van der Waals surface area contributed by atoms with Crippen molar-refractivity contribution in [1.82, 2.24) is 14.8 Å². The van der Waals surface area contributed by atoms with Crippen molar-refractivity contribution in [2.75, 3.05) is 13.3 Å². The van der Waals surface area contributed by atoms with Gasteiger partial charge in [-0.15, -0.1) is 10.2 Å². The molecule has 0 radical (unpaired) electrons. The van der Waals surface area contributed by atoms with E-state index in [1.165, 1.54) is 19.6 Å². The maximum Gasteiger partial charge on any atom is 0.229 e. The van der Waals surface area contributed by atoms with Crippen LogP contribution in [0, 0.1) is 0 Å². The van der Waals surface area contributed by atoms with E-state index in [9.17, 15) is 4.21 Å². The molecular formula is C5H10N4OS. The molecule has 1 aromatic rings. The summed E-state index contributed by atoms with van der Waals surface area (Å²) in [6.07, 6.45) is 3.04. The number of hydrogen-bond donors (Lipinski definition) is 0. The molecule has 62 valence electrons.